The molecule has 8 fully saturated rings. The van der Waals surface area contributed by atoms with E-state index in [1.807, 2.05) is 27.7 Å². The summed E-state index contributed by atoms with van der Waals surface area (Å²) in [5.74, 6) is -1.19. The summed E-state index contributed by atoms with van der Waals surface area (Å²) in [6.45, 7) is 16.8. The molecule has 360 valence electrons. The fourth-order valence-electron chi connectivity index (χ4n) is 19.3. The Balaban J connectivity index is 0.762. The number of ketones is 1. The Hall–Kier alpha value is -2.13. The third kappa shape index (κ3) is 4.97. The van der Waals surface area contributed by atoms with Gasteiger partial charge in [0.25, 0.3) is 0 Å². The fraction of sp³-hybridized carbons (Fsp3) is 0.833. The number of aliphatic hydroxyl groups excluding tert-OH is 4. The van der Waals surface area contributed by atoms with Gasteiger partial charge in [-0.15, -0.1) is 0 Å². The molecule has 1 aromatic heterocycles. The monoisotopic (exact) mass is 911 g/mol. The maximum Gasteiger partial charge on any atom is 0.201 e. The first-order valence-electron chi connectivity index (χ1n) is 26.0. The highest BCUT2D eigenvalue weighted by molar-refractivity contribution is 5.91. The molecule has 66 heavy (non-hydrogen) atoms. The second kappa shape index (κ2) is 13.2. The van der Waals surface area contributed by atoms with Crippen molar-refractivity contribution in [1.82, 2.24) is 9.97 Å². The van der Waals surface area contributed by atoms with Gasteiger partial charge in [0.05, 0.1) is 58.7 Å². The van der Waals surface area contributed by atoms with Crippen LogP contribution < -0.4 is 0 Å². The minimum atomic E-state index is -1.49. The molecule has 5 heterocycles. The van der Waals surface area contributed by atoms with Crippen molar-refractivity contribution in [3.05, 3.63) is 46.1 Å². The lowest BCUT2D eigenvalue weighted by Crippen LogP contribution is -2.65. The number of carbonyl (C=O) groups is 1. The van der Waals surface area contributed by atoms with Crippen LogP contribution in [0.1, 0.15) is 136 Å². The van der Waals surface area contributed by atoms with Crippen LogP contribution in [0, 0.1) is 74.9 Å². The van der Waals surface area contributed by atoms with Crippen molar-refractivity contribution >= 4 is 5.78 Å². The highest BCUT2D eigenvalue weighted by atomic mass is 16.7. The SMILES string of the molecule is C[C@@H]1[C@]2(O[C@H]3C=C4[C@@H]5CC[C@H]6Cc7nc8c(nc7C[C@]6(C)[C@H]5C[C@@H](O)[C@]4(C)[C@]31O)C[C@@H]1CC[C@H]3C4=CC[C@@H]5[C@H](C)[C@@]6(OC[C@]45C(=O)C[C@@H]3[C@@]1(C)C8)OC(C)(C)C[C@H]6O)O[C@](C)(CO)C[C@H]2O. The Kier molecular flexibility index (Phi) is 8.79. The lowest BCUT2D eigenvalue weighted by atomic mass is 9.44. The molecule has 13 rings (SSSR count). The summed E-state index contributed by atoms with van der Waals surface area (Å²) in [5, 5.41) is 58.3. The minimum absolute atomic E-state index is 0.0632. The van der Waals surface area contributed by atoms with E-state index in [1.165, 1.54) is 5.57 Å². The molecule has 4 aliphatic heterocycles. The van der Waals surface area contributed by atoms with E-state index >= 15 is 0 Å². The van der Waals surface area contributed by atoms with Gasteiger partial charge in [-0.25, -0.2) is 0 Å². The fourth-order valence-corrected chi connectivity index (χ4v) is 19.3. The maximum atomic E-state index is 14.9. The summed E-state index contributed by atoms with van der Waals surface area (Å²) < 4.78 is 26.3. The average Bonchev–Trinajstić information content (AvgIpc) is 3.98. The number of carbonyl (C=O) groups excluding carboxylic acids is 1. The van der Waals surface area contributed by atoms with Gasteiger partial charge in [-0.3, -0.25) is 14.8 Å². The number of hydrogen-bond donors (Lipinski definition) is 5. The van der Waals surface area contributed by atoms with Crippen molar-refractivity contribution in [1.29, 1.82) is 0 Å². The molecule has 3 spiro atoms. The molecular weight excluding hydrogens is 837 g/mol. The number of allylic oxidation sites excluding steroid dienone is 1. The molecule has 21 atom stereocenters. The minimum Gasteiger partial charge on any atom is -0.393 e. The lowest BCUT2D eigenvalue weighted by molar-refractivity contribution is -0.336. The molecule has 12 aliphatic rings. The van der Waals surface area contributed by atoms with Crippen LogP contribution in [0.25, 0.3) is 0 Å². The van der Waals surface area contributed by atoms with Crippen LogP contribution in [-0.2, 0) is 49.4 Å². The first-order chi connectivity index (χ1) is 31.0. The standard InChI is InChI=1S/C54H74N2O10/c1-26-32-13-14-33-30-11-9-28-15-37-40(21-49(28,7)35(30)18-42(59)51(32,33)25-63-53(26)43(60)22-46(3,4)65-53)56-38-16-29-10-12-31-34(48(29,6)20-39(38)55-37)17-41(58)50(8)36(31)19-45-52(50,62)27(2)54(64-45)44(61)23-47(5,24-57)66-54/h14,19,26-32,34-35,41,43-45,57-58,60-62H,9-13,15-18,20-25H2,1-8H3/t26-,27-,28-,29-,30-,31+,32+,34-,35-,41+,43+,44+,45-,47-,48-,49-,50+,51+,52+,53+,54-/m0/s1. The van der Waals surface area contributed by atoms with Crippen LogP contribution in [0.3, 0.4) is 0 Å². The van der Waals surface area contributed by atoms with Crippen molar-refractivity contribution in [2.75, 3.05) is 13.2 Å². The van der Waals surface area contributed by atoms with Crippen LogP contribution in [-0.4, -0.2) is 107 Å². The lowest BCUT2D eigenvalue weighted by Gasteiger charge is -2.61. The predicted molar refractivity (Wildman–Crippen MR) is 240 cm³/mol. The van der Waals surface area contributed by atoms with Crippen LogP contribution in [0.5, 0.6) is 0 Å². The Labute approximate surface area is 389 Å². The normalized spacial score (nSPS) is 56.8. The largest absolute Gasteiger partial charge is 0.393 e. The zero-order valence-corrected chi connectivity index (χ0v) is 40.4. The van der Waals surface area contributed by atoms with E-state index in [-0.39, 0.29) is 53.4 Å². The maximum absolute atomic E-state index is 14.9. The number of hydrogen-bond acceptors (Lipinski definition) is 12. The number of aromatic nitrogens is 2. The quantitative estimate of drug-likeness (QED) is 0.224. The zero-order chi connectivity index (χ0) is 46.3. The second-order valence-corrected chi connectivity index (χ2v) is 26.1. The summed E-state index contributed by atoms with van der Waals surface area (Å²) >= 11 is 0. The van der Waals surface area contributed by atoms with Gasteiger partial charge >= 0.3 is 0 Å². The summed E-state index contributed by atoms with van der Waals surface area (Å²) in [5.41, 5.74) is 2.15. The Morgan fingerprint density at radius 2 is 1.35 bits per heavy atom. The summed E-state index contributed by atoms with van der Waals surface area (Å²) in [6.07, 6.45) is 11.4. The zero-order valence-electron chi connectivity index (χ0n) is 40.4. The molecule has 12 nitrogen and oxygen atoms in total. The van der Waals surface area contributed by atoms with Crippen LogP contribution in [0.2, 0.25) is 0 Å². The number of nitrogens with zero attached hydrogens (tertiary/aromatic N) is 2. The number of rotatable bonds is 1. The first-order valence-corrected chi connectivity index (χ1v) is 26.0. The van der Waals surface area contributed by atoms with Crippen molar-refractivity contribution in [3.8, 4) is 0 Å². The summed E-state index contributed by atoms with van der Waals surface area (Å²) in [4.78, 5) is 26.1. The highest BCUT2D eigenvalue weighted by Gasteiger charge is 2.79. The molecule has 0 aromatic carbocycles. The second-order valence-electron chi connectivity index (χ2n) is 26.1. The van der Waals surface area contributed by atoms with Crippen LogP contribution in [0.15, 0.2) is 23.3 Å². The number of ether oxygens (including phenoxy) is 4. The van der Waals surface area contributed by atoms with Gasteiger partial charge in [0.2, 0.25) is 5.79 Å². The van der Waals surface area contributed by atoms with Gasteiger partial charge in [0.15, 0.2) is 5.79 Å². The average molecular weight is 911 g/mol. The topological polar surface area (TPSA) is 181 Å². The molecular formula is C54H74N2O10. The van der Waals surface area contributed by atoms with E-state index < -0.39 is 69.5 Å². The molecule has 8 aliphatic carbocycles. The van der Waals surface area contributed by atoms with Gasteiger partial charge in [-0.2, -0.15) is 0 Å². The molecule has 0 bridgehead atoms. The number of aliphatic hydroxyl groups is 5. The van der Waals surface area contributed by atoms with Gasteiger partial charge in [0.1, 0.15) is 29.7 Å². The first kappa shape index (κ1) is 43.9. The van der Waals surface area contributed by atoms with E-state index in [0.717, 1.165) is 86.1 Å². The van der Waals surface area contributed by atoms with Gasteiger partial charge in [-0.1, -0.05) is 57.9 Å². The molecule has 0 unspecified atom stereocenters. The molecule has 12 heteroatoms. The van der Waals surface area contributed by atoms with E-state index in [9.17, 15) is 30.3 Å². The van der Waals surface area contributed by atoms with Crippen LogP contribution in [0.4, 0.5) is 0 Å². The number of fused-ring (bicyclic) bond motifs is 13. The molecule has 5 N–H and O–H groups in total. The van der Waals surface area contributed by atoms with E-state index in [2.05, 4.69) is 32.9 Å². The number of Topliss-reactive ketones (excluding diaryl/α,β-unsaturated/α-hetero) is 1. The Morgan fingerprint density at radius 3 is 1.95 bits per heavy atom. The third-order valence-electron chi connectivity index (χ3n) is 22.9. The van der Waals surface area contributed by atoms with E-state index in [0.29, 0.717) is 49.4 Å². The van der Waals surface area contributed by atoms with Gasteiger partial charge in [-0.05, 0) is 137 Å². The van der Waals surface area contributed by atoms with Crippen molar-refractivity contribution < 1.29 is 49.3 Å². The molecule has 0 radical (unpaired) electrons. The van der Waals surface area contributed by atoms with E-state index in [1.54, 1.807) is 6.92 Å². The molecule has 4 saturated heterocycles. The highest BCUT2D eigenvalue weighted by Crippen LogP contribution is 2.72. The summed E-state index contributed by atoms with van der Waals surface area (Å²) in [6, 6.07) is 0. The third-order valence-corrected chi connectivity index (χ3v) is 22.9. The smallest absolute Gasteiger partial charge is 0.201 e. The van der Waals surface area contributed by atoms with Crippen LogP contribution >= 0.6 is 0 Å². The molecule has 0 amide bonds. The Morgan fingerprint density at radius 1 is 0.727 bits per heavy atom. The van der Waals surface area contributed by atoms with E-state index in [4.69, 9.17) is 28.9 Å². The van der Waals surface area contributed by atoms with Crippen molar-refractivity contribution in [3.63, 3.8) is 0 Å². The van der Waals surface area contributed by atoms with Gasteiger partial charge in [0, 0.05) is 36.5 Å². The summed E-state index contributed by atoms with van der Waals surface area (Å²) in [7, 11) is 0. The predicted octanol–water partition coefficient (Wildman–Crippen LogP) is 5.50. The molecule has 1 aromatic rings. The Bertz CT molecular complexity index is 2390. The molecule has 4 saturated carbocycles. The van der Waals surface area contributed by atoms with Crippen molar-refractivity contribution in [2.24, 2.45) is 74.9 Å². The van der Waals surface area contributed by atoms with Crippen molar-refractivity contribution in [2.45, 2.75) is 192 Å². The van der Waals surface area contributed by atoms with Gasteiger partial charge < -0.3 is 44.5 Å².